The van der Waals surface area contributed by atoms with E-state index in [9.17, 15) is 9.90 Å². The van der Waals surface area contributed by atoms with Crippen molar-refractivity contribution in [3.05, 3.63) is 53.8 Å². The van der Waals surface area contributed by atoms with Crippen LogP contribution in [0.4, 0.5) is 0 Å². The first-order valence-corrected chi connectivity index (χ1v) is 4.92. The molecule has 1 aromatic carbocycles. The largest absolute Gasteiger partial charge is 0.465 e. The Morgan fingerprint density at radius 3 is 2.59 bits per heavy atom. The minimum Gasteiger partial charge on any atom is -0.465 e. The summed E-state index contributed by atoms with van der Waals surface area (Å²) >= 11 is 0. The summed E-state index contributed by atoms with van der Waals surface area (Å²) in [6.07, 6.45) is -1.25. The van der Waals surface area contributed by atoms with Gasteiger partial charge in [0.25, 0.3) is 0 Å². The molecule has 1 aromatic rings. The van der Waals surface area contributed by atoms with Crippen LogP contribution in [0.2, 0.25) is 0 Å². The number of aliphatic hydroxyl groups excluding tert-OH is 1. The van der Waals surface area contributed by atoms with Gasteiger partial charge in [0, 0.05) is 5.56 Å². The van der Waals surface area contributed by atoms with Crippen LogP contribution in [0.15, 0.2) is 48.2 Å². The van der Waals surface area contributed by atoms with Crippen molar-refractivity contribution in [3.8, 4) is 11.8 Å². The van der Waals surface area contributed by atoms with E-state index < -0.39 is 12.1 Å². The van der Waals surface area contributed by atoms with Crippen LogP contribution in [0, 0.1) is 11.8 Å². The standard InChI is InChI=1S/C14H12O3/c1-3-12(14(16)17-2)13(15)10-9-11-7-5-4-6-8-11/h4-8,13,15H,1H2,2H3/t13-/m1/s1. The molecule has 1 N–H and O–H groups in total. The number of ether oxygens (including phenoxy) is 1. The van der Waals surface area contributed by atoms with Crippen LogP contribution in [-0.2, 0) is 9.53 Å². The number of hydrogen-bond donors (Lipinski definition) is 1. The Kier molecular flexibility index (Phi) is 4.77. The first-order chi connectivity index (χ1) is 8.19. The van der Waals surface area contributed by atoms with Gasteiger partial charge in [0.05, 0.1) is 7.11 Å². The van der Waals surface area contributed by atoms with E-state index >= 15 is 0 Å². The second-order valence-electron chi connectivity index (χ2n) is 3.12. The monoisotopic (exact) mass is 228 g/mol. The van der Waals surface area contributed by atoms with Crippen molar-refractivity contribution >= 4 is 5.97 Å². The highest BCUT2D eigenvalue weighted by atomic mass is 16.5. The van der Waals surface area contributed by atoms with E-state index in [2.05, 4.69) is 28.9 Å². The smallest absolute Gasteiger partial charge is 0.345 e. The van der Waals surface area contributed by atoms with Crippen LogP contribution >= 0.6 is 0 Å². The van der Waals surface area contributed by atoms with E-state index in [-0.39, 0.29) is 5.57 Å². The third-order valence-corrected chi connectivity index (χ3v) is 2.00. The van der Waals surface area contributed by atoms with Crippen LogP contribution in [0.5, 0.6) is 0 Å². The maximum atomic E-state index is 11.2. The Labute approximate surface area is 100 Å². The lowest BCUT2D eigenvalue weighted by Crippen LogP contribution is -2.16. The van der Waals surface area contributed by atoms with Crippen LogP contribution in [0.25, 0.3) is 0 Å². The zero-order chi connectivity index (χ0) is 12.7. The molecule has 3 heteroatoms. The van der Waals surface area contributed by atoms with Gasteiger partial charge in [0.1, 0.15) is 5.57 Å². The molecule has 0 saturated carbocycles. The summed E-state index contributed by atoms with van der Waals surface area (Å²) in [5, 5.41) is 9.66. The number of carbonyl (C=O) groups is 1. The van der Waals surface area contributed by atoms with Crippen molar-refractivity contribution < 1.29 is 14.6 Å². The SMILES string of the molecule is C=C=C(C(=O)OC)[C@H](O)C#Cc1ccccc1. The van der Waals surface area contributed by atoms with E-state index in [1.807, 2.05) is 18.2 Å². The van der Waals surface area contributed by atoms with E-state index in [4.69, 9.17) is 0 Å². The summed E-state index contributed by atoms with van der Waals surface area (Å²) in [5.41, 5.74) is 2.99. The predicted molar refractivity (Wildman–Crippen MR) is 64.0 cm³/mol. The number of methoxy groups -OCH3 is 1. The Morgan fingerprint density at radius 1 is 1.41 bits per heavy atom. The Hall–Kier alpha value is -2.27. The second kappa shape index (κ2) is 6.34. The highest BCUT2D eigenvalue weighted by Gasteiger charge is 2.16. The molecular formula is C14H12O3. The van der Waals surface area contributed by atoms with Crippen molar-refractivity contribution in [2.45, 2.75) is 6.10 Å². The number of carbonyl (C=O) groups excluding carboxylic acids is 1. The predicted octanol–water partition coefficient (Wildman–Crippen LogP) is 1.28. The fourth-order valence-electron chi connectivity index (χ4n) is 1.14. The first kappa shape index (κ1) is 12.8. The number of aliphatic hydroxyl groups is 1. The molecule has 3 nitrogen and oxygen atoms in total. The molecule has 0 spiro atoms. The topological polar surface area (TPSA) is 46.5 Å². The molecule has 1 atom stereocenters. The average molecular weight is 228 g/mol. The fourth-order valence-corrected chi connectivity index (χ4v) is 1.14. The number of rotatable bonds is 2. The summed E-state index contributed by atoms with van der Waals surface area (Å²) in [5.74, 6) is 4.59. The molecule has 17 heavy (non-hydrogen) atoms. The summed E-state index contributed by atoms with van der Waals surface area (Å²) in [7, 11) is 1.22. The second-order valence-corrected chi connectivity index (χ2v) is 3.12. The highest BCUT2D eigenvalue weighted by molar-refractivity contribution is 5.89. The Morgan fingerprint density at radius 2 is 2.06 bits per heavy atom. The third kappa shape index (κ3) is 3.66. The van der Waals surface area contributed by atoms with Gasteiger partial charge in [0.15, 0.2) is 6.10 Å². The number of benzene rings is 1. The van der Waals surface area contributed by atoms with Crippen molar-refractivity contribution in [3.63, 3.8) is 0 Å². The molecule has 0 aliphatic heterocycles. The Balaban J connectivity index is 2.86. The van der Waals surface area contributed by atoms with Gasteiger partial charge < -0.3 is 9.84 Å². The molecule has 0 saturated heterocycles. The maximum absolute atomic E-state index is 11.2. The highest BCUT2D eigenvalue weighted by Crippen LogP contribution is 2.03. The van der Waals surface area contributed by atoms with Gasteiger partial charge in [-0.25, -0.2) is 4.79 Å². The van der Waals surface area contributed by atoms with Gasteiger partial charge in [0.2, 0.25) is 0 Å². The van der Waals surface area contributed by atoms with Gasteiger partial charge in [-0.2, -0.15) is 0 Å². The molecule has 0 aromatic heterocycles. The van der Waals surface area contributed by atoms with Gasteiger partial charge >= 0.3 is 5.97 Å². The maximum Gasteiger partial charge on any atom is 0.345 e. The molecule has 0 unspecified atom stereocenters. The zero-order valence-corrected chi connectivity index (χ0v) is 9.43. The third-order valence-electron chi connectivity index (χ3n) is 2.00. The first-order valence-electron chi connectivity index (χ1n) is 4.92. The molecule has 0 aliphatic carbocycles. The molecule has 0 radical (unpaired) electrons. The summed E-state index contributed by atoms with van der Waals surface area (Å²) in [6, 6.07) is 9.14. The average Bonchev–Trinajstić information content (AvgIpc) is 2.38. The molecule has 0 amide bonds. The van der Waals surface area contributed by atoms with E-state index in [0.717, 1.165) is 5.56 Å². The molecule has 86 valence electrons. The molecule has 1 rings (SSSR count). The summed E-state index contributed by atoms with van der Waals surface area (Å²) in [4.78, 5) is 11.2. The van der Waals surface area contributed by atoms with E-state index in [1.165, 1.54) is 7.11 Å². The van der Waals surface area contributed by atoms with Gasteiger partial charge in [-0.05, 0) is 12.1 Å². The molecule has 0 aliphatic rings. The number of esters is 1. The Bertz CT molecular complexity index is 499. The normalized spacial score (nSPS) is 10.5. The molecule has 0 fully saturated rings. The minimum atomic E-state index is -1.25. The fraction of sp³-hybridized carbons (Fsp3) is 0.143. The lowest BCUT2D eigenvalue weighted by Gasteiger charge is -2.03. The van der Waals surface area contributed by atoms with Crippen molar-refractivity contribution in [2.75, 3.05) is 7.11 Å². The van der Waals surface area contributed by atoms with Crippen molar-refractivity contribution in [2.24, 2.45) is 0 Å². The number of hydrogen-bond acceptors (Lipinski definition) is 3. The van der Waals surface area contributed by atoms with E-state index in [1.54, 1.807) is 12.1 Å². The van der Waals surface area contributed by atoms with Gasteiger partial charge in [-0.15, -0.1) is 5.73 Å². The van der Waals surface area contributed by atoms with Gasteiger partial charge in [-0.1, -0.05) is 36.6 Å². The van der Waals surface area contributed by atoms with Crippen LogP contribution in [-0.4, -0.2) is 24.3 Å². The molecule has 0 heterocycles. The lowest BCUT2D eigenvalue weighted by molar-refractivity contribution is -0.136. The van der Waals surface area contributed by atoms with E-state index in [0.29, 0.717) is 0 Å². The summed E-state index contributed by atoms with van der Waals surface area (Å²) < 4.78 is 4.47. The quantitative estimate of drug-likeness (QED) is 0.359. The van der Waals surface area contributed by atoms with Crippen LogP contribution in [0.1, 0.15) is 5.56 Å². The lowest BCUT2D eigenvalue weighted by atomic mass is 10.1. The van der Waals surface area contributed by atoms with Crippen LogP contribution < -0.4 is 0 Å². The van der Waals surface area contributed by atoms with Crippen LogP contribution in [0.3, 0.4) is 0 Å². The van der Waals surface area contributed by atoms with Gasteiger partial charge in [-0.3, -0.25) is 0 Å². The molecule has 0 bridgehead atoms. The zero-order valence-electron chi connectivity index (χ0n) is 9.43. The van der Waals surface area contributed by atoms with Crippen molar-refractivity contribution in [1.82, 2.24) is 0 Å². The molecular weight excluding hydrogens is 216 g/mol. The summed E-state index contributed by atoms with van der Waals surface area (Å²) in [6.45, 7) is 3.32. The minimum absolute atomic E-state index is 0.0871. The van der Waals surface area contributed by atoms with Crippen molar-refractivity contribution in [1.29, 1.82) is 0 Å².